The maximum absolute atomic E-state index is 8.81. The van der Waals surface area contributed by atoms with E-state index in [1.807, 2.05) is 30.6 Å². The molecule has 0 N–H and O–H groups in total. The summed E-state index contributed by atoms with van der Waals surface area (Å²) in [6.45, 7) is 0. The van der Waals surface area contributed by atoms with Gasteiger partial charge in [0.2, 0.25) is 0 Å². The third-order valence-corrected chi connectivity index (χ3v) is 3.81. The van der Waals surface area contributed by atoms with Crippen LogP contribution >= 0.6 is 11.3 Å². The molecule has 5 nitrogen and oxygen atoms in total. The van der Waals surface area contributed by atoms with Gasteiger partial charge in [-0.15, -0.1) is 16.4 Å². The van der Waals surface area contributed by atoms with Crippen molar-refractivity contribution in [2.24, 2.45) is 7.05 Å². The average Bonchev–Trinajstić information content (AvgIpc) is 2.96. The summed E-state index contributed by atoms with van der Waals surface area (Å²) >= 11 is 1.65. The first-order valence-electron chi connectivity index (χ1n) is 5.39. The first kappa shape index (κ1) is 10.9. The number of aryl methyl sites for hydroxylation is 1. The Morgan fingerprint density at radius 2 is 2.33 bits per heavy atom. The Kier molecular flexibility index (Phi) is 2.54. The molecule has 2 heterocycles. The third kappa shape index (κ3) is 1.65. The van der Waals surface area contributed by atoms with Crippen LogP contribution < -0.4 is 0 Å². The molecule has 0 fully saturated rings. The van der Waals surface area contributed by atoms with E-state index in [1.165, 1.54) is 4.70 Å². The van der Waals surface area contributed by atoms with Crippen molar-refractivity contribution >= 4 is 21.4 Å². The van der Waals surface area contributed by atoms with Crippen molar-refractivity contribution in [3.8, 4) is 17.5 Å². The summed E-state index contributed by atoms with van der Waals surface area (Å²) < 4.78 is 2.82. The summed E-state index contributed by atoms with van der Waals surface area (Å²) in [4.78, 5) is 0. The number of tetrazole rings is 1. The molecule has 0 unspecified atom stereocenters. The molecule has 0 aliphatic carbocycles. The summed E-state index contributed by atoms with van der Waals surface area (Å²) in [5.41, 5.74) is 2.03. The molecule has 88 valence electrons. The maximum Gasteiger partial charge on any atom is 0.181 e. The van der Waals surface area contributed by atoms with E-state index < -0.39 is 0 Å². The van der Waals surface area contributed by atoms with Crippen LogP contribution in [0.4, 0.5) is 0 Å². The minimum Gasteiger partial charge on any atom is -0.229 e. The average molecular weight is 255 g/mol. The smallest absolute Gasteiger partial charge is 0.181 e. The predicted octanol–water partition coefficient (Wildman–Crippen LogP) is 2.16. The van der Waals surface area contributed by atoms with Gasteiger partial charge in [-0.3, -0.25) is 0 Å². The van der Waals surface area contributed by atoms with E-state index in [0.29, 0.717) is 6.42 Å². The van der Waals surface area contributed by atoms with Gasteiger partial charge < -0.3 is 0 Å². The Morgan fingerprint density at radius 1 is 1.44 bits per heavy atom. The SMILES string of the molecule is Cn1nnnc1-c1ccc2scc(CC#N)c2c1. The van der Waals surface area contributed by atoms with Crippen LogP contribution in [-0.2, 0) is 13.5 Å². The van der Waals surface area contributed by atoms with Gasteiger partial charge in [0, 0.05) is 17.3 Å². The van der Waals surface area contributed by atoms with Gasteiger partial charge in [0.15, 0.2) is 5.82 Å². The van der Waals surface area contributed by atoms with E-state index in [-0.39, 0.29) is 0 Å². The van der Waals surface area contributed by atoms with Gasteiger partial charge in [0.1, 0.15) is 0 Å². The molecule has 0 spiro atoms. The van der Waals surface area contributed by atoms with Crippen molar-refractivity contribution in [2.75, 3.05) is 0 Å². The molecule has 3 aromatic rings. The zero-order valence-corrected chi connectivity index (χ0v) is 10.5. The van der Waals surface area contributed by atoms with Crippen LogP contribution in [0.3, 0.4) is 0 Å². The van der Waals surface area contributed by atoms with Crippen molar-refractivity contribution in [3.63, 3.8) is 0 Å². The lowest BCUT2D eigenvalue weighted by Gasteiger charge is -2.00. The minimum absolute atomic E-state index is 0.431. The number of rotatable bonds is 2. The number of aromatic nitrogens is 4. The van der Waals surface area contributed by atoms with Crippen LogP contribution in [0.2, 0.25) is 0 Å². The molecule has 0 radical (unpaired) electrons. The highest BCUT2D eigenvalue weighted by Gasteiger charge is 2.09. The molecule has 0 saturated carbocycles. The molecule has 0 atom stereocenters. The molecule has 0 amide bonds. The van der Waals surface area contributed by atoms with Crippen LogP contribution in [0.15, 0.2) is 23.6 Å². The second-order valence-corrected chi connectivity index (χ2v) is 4.84. The maximum atomic E-state index is 8.81. The fourth-order valence-electron chi connectivity index (χ4n) is 1.92. The van der Waals surface area contributed by atoms with E-state index in [1.54, 1.807) is 16.0 Å². The predicted molar refractivity (Wildman–Crippen MR) is 68.9 cm³/mol. The second kappa shape index (κ2) is 4.20. The molecule has 0 aliphatic heterocycles. The molecular weight excluding hydrogens is 246 g/mol. The van der Waals surface area contributed by atoms with Gasteiger partial charge >= 0.3 is 0 Å². The van der Waals surface area contributed by atoms with E-state index in [2.05, 4.69) is 21.6 Å². The molecular formula is C12H9N5S. The Balaban J connectivity index is 2.18. The van der Waals surface area contributed by atoms with Crippen LogP contribution in [0.25, 0.3) is 21.5 Å². The Morgan fingerprint density at radius 3 is 3.06 bits per heavy atom. The van der Waals surface area contributed by atoms with Crippen LogP contribution in [0.5, 0.6) is 0 Å². The molecule has 2 aromatic heterocycles. The Hall–Kier alpha value is -2.26. The topological polar surface area (TPSA) is 67.4 Å². The highest BCUT2D eigenvalue weighted by atomic mass is 32.1. The monoisotopic (exact) mass is 255 g/mol. The lowest BCUT2D eigenvalue weighted by Crippen LogP contribution is -1.94. The number of benzene rings is 1. The summed E-state index contributed by atoms with van der Waals surface area (Å²) in [7, 11) is 1.81. The Bertz CT molecular complexity index is 749. The van der Waals surface area contributed by atoms with Crippen molar-refractivity contribution < 1.29 is 0 Å². The van der Waals surface area contributed by atoms with Gasteiger partial charge in [-0.1, -0.05) is 0 Å². The highest BCUT2D eigenvalue weighted by Crippen LogP contribution is 2.30. The van der Waals surface area contributed by atoms with Gasteiger partial charge in [0.25, 0.3) is 0 Å². The normalized spacial score (nSPS) is 10.7. The number of nitriles is 1. The minimum atomic E-state index is 0.431. The third-order valence-electron chi connectivity index (χ3n) is 2.80. The van der Waals surface area contributed by atoms with E-state index in [9.17, 15) is 0 Å². The molecule has 6 heteroatoms. The summed E-state index contributed by atoms with van der Waals surface area (Å²) in [5.74, 6) is 0.728. The Labute approximate surface area is 107 Å². The van der Waals surface area contributed by atoms with Crippen molar-refractivity contribution in [1.82, 2.24) is 20.2 Å². The zero-order valence-electron chi connectivity index (χ0n) is 9.66. The number of hydrogen-bond donors (Lipinski definition) is 0. The number of thiophene rings is 1. The highest BCUT2D eigenvalue weighted by molar-refractivity contribution is 7.17. The molecule has 18 heavy (non-hydrogen) atoms. The number of nitrogens with zero attached hydrogens (tertiary/aromatic N) is 5. The van der Waals surface area contributed by atoms with Gasteiger partial charge in [-0.2, -0.15) is 5.26 Å². The van der Waals surface area contributed by atoms with E-state index >= 15 is 0 Å². The van der Waals surface area contributed by atoms with Crippen molar-refractivity contribution in [2.45, 2.75) is 6.42 Å². The van der Waals surface area contributed by atoms with Crippen LogP contribution in [-0.4, -0.2) is 20.2 Å². The van der Waals surface area contributed by atoms with E-state index in [4.69, 9.17) is 5.26 Å². The number of hydrogen-bond acceptors (Lipinski definition) is 5. The largest absolute Gasteiger partial charge is 0.229 e. The van der Waals surface area contributed by atoms with Crippen molar-refractivity contribution in [3.05, 3.63) is 29.1 Å². The van der Waals surface area contributed by atoms with Gasteiger partial charge in [-0.05, 0) is 45.0 Å². The fourth-order valence-corrected chi connectivity index (χ4v) is 2.86. The van der Waals surface area contributed by atoms with Crippen LogP contribution in [0, 0.1) is 11.3 Å². The van der Waals surface area contributed by atoms with Crippen LogP contribution in [0.1, 0.15) is 5.56 Å². The lowest BCUT2D eigenvalue weighted by molar-refractivity contribution is 0.715. The van der Waals surface area contributed by atoms with E-state index in [0.717, 1.165) is 22.3 Å². The summed E-state index contributed by atoms with van der Waals surface area (Å²) in [6.07, 6.45) is 0.431. The molecule has 0 saturated heterocycles. The first-order chi connectivity index (χ1) is 8.79. The molecule has 1 aromatic carbocycles. The first-order valence-corrected chi connectivity index (χ1v) is 6.27. The lowest BCUT2D eigenvalue weighted by atomic mass is 10.1. The summed E-state index contributed by atoms with van der Waals surface area (Å²) in [6, 6.07) is 8.28. The number of fused-ring (bicyclic) bond motifs is 1. The van der Waals surface area contributed by atoms with Gasteiger partial charge in [0.05, 0.1) is 12.5 Å². The standard InChI is InChI=1S/C12H9N5S/c1-17-12(14-15-16-17)8-2-3-11-10(6-8)9(4-5-13)7-18-11/h2-3,6-7H,4H2,1H3. The molecule has 0 aliphatic rings. The zero-order chi connectivity index (χ0) is 12.5. The fraction of sp³-hybridized carbons (Fsp3) is 0.167. The van der Waals surface area contributed by atoms with Gasteiger partial charge in [-0.25, -0.2) is 4.68 Å². The quantitative estimate of drug-likeness (QED) is 0.703. The summed E-state index contributed by atoms with van der Waals surface area (Å²) in [5, 5.41) is 23.4. The molecule has 0 bridgehead atoms. The molecule has 3 rings (SSSR count). The van der Waals surface area contributed by atoms with Crippen molar-refractivity contribution in [1.29, 1.82) is 5.26 Å². The second-order valence-electron chi connectivity index (χ2n) is 3.93.